The minimum absolute atomic E-state index is 0. The van der Waals surface area contributed by atoms with Gasteiger partial charge < -0.3 is 15.2 Å². The van der Waals surface area contributed by atoms with E-state index in [1.165, 1.54) is 48.2 Å². The molecule has 5 nitrogen and oxygen atoms in total. The first-order chi connectivity index (χ1) is 21.4. The van der Waals surface area contributed by atoms with Crippen molar-refractivity contribution < 1.29 is 54.6 Å². The summed E-state index contributed by atoms with van der Waals surface area (Å²) in [7, 11) is 0. The molecule has 0 bridgehead atoms. The van der Waals surface area contributed by atoms with Gasteiger partial charge in [0.05, 0.1) is 21.4 Å². The van der Waals surface area contributed by atoms with Gasteiger partial charge in [-0.25, -0.2) is 4.98 Å². The van der Waals surface area contributed by atoms with Gasteiger partial charge in [-0.15, -0.1) is 47.2 Å². The Morgan fingerprint density at radius 2 is 1.57 bits per heavy atom. The third-order valence-electron chi connectivity index (χ3n) is 7.63. The van der Waals surface area contributed by atoms with Crippen LogP contribution in [-0.2, 0) is 49.8 Å². The second-order valence-electron chi connectivity index (χ2n) is 10.8. The number of aliphatic hydroxyl groups excluding tert-OH is 1. The normalized spacial score (nSPS) is 13.3. The van der Waals surface area contributed by atoms with Crippen LogP contribution in [0.1, 0.15) is 50.1 Å². The minimum Gasteiger partial charge on any atom is -0.512 e. The first kappa shape index (κ1) is 36.9. The zero-order valence-electron chi connectivity index (χ0n) is 25.9. The standard InChI is InChI=1S/C18H17NOS.C15H10N.C5H8O2.Ir.Zn/c20-15-9-3-1-7-13(15)18(11-5-6-12-18)17-19-14-8-2-4-10-16(14)21-17;1-2-7-13(8-3-1)15-14-9-5-4-6-12(14)10-11-16-15;1-4(6)3-5(2)7;;/h1-4,7-10,20H,5-6,11-12H2;1-7,9-11H;3,6H,1-2H3;;/q;-1;;;. The van der Waals surface area contributed by atoms with Crippen molar-refractivity contribution in [3.8, 4) is 17.0 Å². The van der Waals surface area contributed by atoms with E-state index in [4.69, 9.17) is 10.1 Å². The summed E-state index contributed by atoms with van der Waals surface area (Å²) >= 11 is 1.77. The molecule has 4 aromatic carbocycles. The number of thiazole rings is 1. The van der Waals surface area contributed by atoms with E-state index in [-0.39, 0.29) is 56.5 Å². The fourth-order valence-corrected chi connectivity index (χ4v) is 6.93. The molecular formula is C38H35IrN2O3SZn-. The molecule has 1 aliphatic rings. The summed E-state index contributed by atoms with van der Waals surface area (Å²) < 4.78 is 1.23. The van der Waals surface area contributed by atoms with Gasteiger partial charge in [-0.2, -0.15) is 0 Å². The number of aromatic hydroxyl groups is 1. The van der Waals surface area contributed by atoms with E-state index in [1.807, 2.05) is 66.9 Å². The zero-order valence-corrected chi connectivity index (χ0v) is 32.1. The van der Waals surface area contributed by atoms with Gasteiger partial charge >= 0.3 is 0 Å². The number of hydrogen-bond donors (Lipinski definition) is 2. The molecule has 1 fully saturated rings. The van der Waals surface area contributed by atoms with E-state index in [0.717, 1.165) is 40.2 Å². The van der Waals surface area contributed by atoms with Gasteiger partial charge in [0.2, 0.25) is 0 Å². The molecule has 46 heavy (non-hydrogen) atoms. The van der Waals surface area contributed by atoms with E-state index < -0.39 is 0 Å². The van der Waals surface area contributed by atoms with Crippen LogP contribution in [0.2, 0.25) is 0 Å². The van der Waals surface area contributed by atoms with Crippen molar-refractivity contribution in [2.45, 2.75) is 44.9 Å². The number of phenols is 1. The predicted molar refractivity (Wildman–Crippen MR) is 180 cm³/mol. The monoisotopic (exact) mass is 856 g/mol. The van der Waals surface area contributed by atoms with Crippen molar-refractivity contribution in [1.82, 2.24) is 9.97 Å². The maximum absolute atomic E-state index is 10.3. The summed E-state index contributed by atoms with van der Waals surface area (Å²) in [5.74, 6) is 0.339. The van der Waals surface area contributed by atoms with E-state index >= 15 is 0 Å². The molecule has 2 heterocycles. The van der Waals surface area contributed by atoms with Crippen LogP contribution in [0, 0.1) is 6.07 Å². The number of fused-ring (bicyclic) bond motifs is 2. The molecule has 8 heteroatoms. The maximum Gasteiger partial charge on any atom is 0.155 e. The summed E-state index contributed by atoms with van der Waals surface area (Å²) in [4.78, 5) is 19.4. The molecule has 233 valence electrons. The second kappa shape index (κ2) is 17.4. The molecule has 2 aromatic heterocycles. The number of pyridine rings is 1. The molecule has 6 aromatic rings. The van der Waals surface area contributed by atoms with Crippen LogP contribution in [0.4, 0.5) is 0 Å². The number of aromatic nitrogens is 2. The summed E-state index contributed by atoms with van der Waals surface area (Å²) in [5, 5.41) is 22.3. The largest absolute Gasteiger partial charge is 0.512 e. The Labute approximate surface area is 300 Å². The summed E-state index contributed by atoms with van der Waals surface area (Å²) in [6, 6.07) is 37.5. The minimum atomic E-state index is -0.125. The van der Waals surface area contributed by atoms with Crippen molar-refractivity contribution in [3.05, 3.63) is 138 Å². The molecular weight excluding hydrogens is 822 g/mol. The molecule has 0 unspecified atom stereocenters. The van der Waals surface area contributed by atoms with Crippen molar-refractivity contribution in [2.75, 3.05) is 0 Å². The first-order valence-electron chi connectivity index (χ1n) is 14.7. The molecule has 0 amide bonds. The molecule has 0 saturated heterocycles. The van der Waals surface area contributed by atoms with Crippen LogP contribution >= 0.6 is 11.3 Å². The zero-order chi connectivity index (χ0) is 30.9. The van der Waals surface area contributed by atoms with E-state index in [2.05, 4.69) is 47.4 Å². The maximum atomic E-state index is 10.3. The fraction of sp³-hybridized carbons (Fsp3) is 0.184. The van der Waals surface area contributed by atoms with Crippen molar-refractivity contribution in [3.63, 3.8) is 0 Å². The quantitative estimate of drug-likeness (QED) is 0.0800. The smallest absolute Gasteiger partial charge is 0.155 e. The van der Waals surface area contributed by atoms with Gasteiger partial charge in [-0.1, -0.05) is 67.4 Å². The summed E-state index contributed by atoms with van der Waals surface area (Å²) in [6.45, 7) is 2.85. The number of hydrogen-bond acceptors (Lipinski definition) is 6. The fourth-order valence-electron chi connectivity index (χ4n) is 5.70. The Balaban J connectivity index is 0.000000206. The van der Waals surface area contributed by atoms with E-state index in [0.29, 0.717) is 5.75 Å². The van der Waals surface area contributed by atoms with Crippen molar-refractivity contribution >= 4 is 38.1 Å². The Bertz CT molecular complexity index is 1860. The predicted octanol–water partition coefficient (Wildman–Crippen LogP) is 9.60. The third kappa shape index (κ3) is 8.83. The summed E-state index contributed by atoms with van der Waals surface area (Å²) in [5.41, 5.74) is 4.05. The van der Waals surface area contributed by atoms with Gasteiger partial charge in [-0.05, 0) is 67.4 Å². The Hall–Kier alpha value is -3.54. The number of allylic oxidation sites excluding steroid dienone is 2. The number of carbonyl (C=O) groups excluding carboxylic acids is 1. The molecule has 0 atom stereocenters. The Kier molecular flexibility index (Phi) is 14.0. The average molecular weight is 857 g/mol. The van der Waals surface area contributed by atoms with Crippen LogP contribution in [0.5, 0.6) is 5.75 Å². The number of aliphatic hydroxyl groups is 1. The third-order valence-corrected chi connectivity index (χ3v) is 8.87. The molecule has 1 aliphatic carbocycles. The molecule has 2 N–H and O–H groups in total. The number of rotatable bonds is 4. The molecule has 1 radical (unpaired) electrons. The van der Waals surface area contributed by atoms with Crippen LogP contribution in [0.15, 0.2) is 121 Å². The van der Waals surface area contributed by atoms with Crippen LogP contribution in [-0.4, -0.2) is 26.0 Å². The van der Waals surface area contributed by atoms with E-state index in [1.54, 1.807) is 17.4 Å². The number of phenolic OH excluding ortho intramolecular Hbond substituents is 1. The number of para-hydroxylation sites is 2. The van der Waals surface area contributed by atoms with Gasteiger partial charge in [-0.3, -0.25) is 4.79 Å². The Morgan fingerprint density at radius 3 is 2.22 bits per heavy atom. The van der Waals surface area contributed by atoms with Gasteiger partial charge in [0.1, 0.15) is 10.8 Å². The number of ketones is 1. The topological polar surface area (TPSA) is 83.3 Å². The van der Waals surface area contributed by atoms with Gasteiger partial charge in [0.15, 0.2) is 5.78 Å². The average Bonchev–Trinajstić information content (AvgIpc) is 3.70. The number of nitrogens with zero attached hydrogens (tertiary/aromatic N) is 2. The van der Waals surface area contributed by atoms with Crippen LogP contribution < -0.4 is 0 Å². The van der Waals surface area contributed by atoms with Gasteiger partial charge in [0.25, 0.3) is 0 Å². The van der Waals surface area contributed by atoms with Crippen molar-refractivity contribution in [2.24, 2.45) is 0 Å². The molecule has 0 spiro atoms. The first-order valence-corrected chi connectivity index (χ1v) is 15.5. The number of carbonyl (C=O) groups is 1. The number of benzene rings is 4. The SMILES string of the molecule is CC(=O)C=C(C)O.Oc1ccccc1C1(c2nc3ccccc3s2)CCCC1.[Ir].[Zn].[c-]1ccccc1-c1nccc2ccccc12. The van der Waals surface area contributed by atoms with E-state index in [9.17, 15) is 9.90 Å². The molecule has 1 saturated carbocycles. The van der Waals surface area contributed by atoms with Crippen molar-refractivity contribution in [1.29, 1.82) is 0 Å². The second-order valence-corrected chi connectivity index (χ2v) is 11.9. The Morgan fingerprint density at radius 1 is 0.891 bits per heavy atom. The van der Waals surface area contributed by atoms with Gasteiger partial charge in [0, 0.05) is 57.4 Å². The van der Waals surface area contributed by atoms with Crippen LogP contribution in [0.25, 0.3) is 32.2 Å². The van der Waals surface area contributed by atoms with Crippen LogP contribution in [0.3, 0.4) is 0 Å². The summed E-state index contributed by atoms with van der Waals surface area (Å²) in [6.07, 6.45) is 7.56. The molecule has 0 aliphatic heterocycles. The molecule has 7 rings (SSSR count).